The summed E-state index contributed by atoms with van der Waals surface area (Å²) < 4.78 is 5.32. The lowest BCUT2D eigenvalue weighted by atomic mass is 10.1. The molecule has 78 valence electrons. The van der Waals surface area contributed by atoms with Crippen LogP contribution >= 0.6 is 0 Å². The van der Waals surface area contributed by atoms with Gasteiger partial charge in [0.2, 0.25) is 0 Å². The van der Waals surface area contributed by atoms with Gasteiger partial charge >= 0.3 is 0 Å². The first-order valence-corrected chi connectivity index (χ1v) is 4.99. The molecule has 0 spiro atoms. The zero-order valence-corrected chi connectivity index (χ0v) is 9.16. The first-order chi connectivity index (χ1) is 6.65. The Bertz CT molecular complexity index is 266. The zero-order valence-electron chi connectivity index (χ0n) is 9.16. The summed E-state index contributed by atoms with van der Waals surface area (Å²) in [5, 5.41) is 0. The predicted molar refractivity (Wildman–Crippen MR) is 59.9 cm³/mol. The van der Waals surface area contributed by atoms with Gasteiger partial charge in [-0.05, 0) is 0 Å². The standard InChI is InChI=1S/C11H18N2O/c1-5-12-11(8(2)3)13-10-7-14-6-9(10)4/h5,8-9H,1,6-7H2,2-4H3. The second-order valence-corrected chi connectivity index (χ2v) is 3.84. The van der Waals surface area contributed by atoms with Gasteiger partial charge in [0.25, 0.3) is 0 Å². The van der Waals surface area contributed by atoms with E-state index in [4.69, 9.17) is 4.74 Å². The largest absolute Gasteiger partial charge is 0.375 e. The van der Waals surface area contributed by atoms with E-state index < -0.39 is 0 Å². The molecule has 3 heteroatoms. The van der Waals surface area contributed by atoms with Crippen LogP contribution in [-0.4, -0.2) is 24.8 Å². The summed E-state index contributed by atoms with van der Waals surface area (Å²) in [4.78, 5) is 8.68. The lowest BCUT2D eigenvalue weighted by Gasteiger charge is -2.06. The van der Waals surface area contributed by atoms with E-state index in [-0.39, 0.29) is 0 Å². The quantitative estimate of drug-likeness (QED) is 0.490. The van der Waals surface area contributed by atoms with E-state index in [0.29, 0.717) is 18.4 Å². The molecule has 0 radical (unpaired) electrons. The Morgan fingerprint density at radius 2 is 2.36 bits per heavy atom. The van der Waals surface area contributed by atoms with Crippen LogP contribution in [0, 0.1) is 11.8 Å². The van der Waals surface area contributed by atoms with Crippen LogP contribution in [0.4, 0.5) is 0 Å². The van der Waals surface area contributed by atoms with Gasteiger partial charge in [-0.25, -0.2) is 9.98 Å². The average molecular weight is 194 g/mol. The molecular formula is C11H18N2O. The van der Waals surface area contributed by atoms with E-state index in [1.165, 1.54) is 0 Å². The Balaban J connectivity index is 2.81. The van der Waals surface area contributed by atoms with Crippen molar-refractivity contribution in [2.45, 2.75) is 20.8 Å². The molecule has 1 atom stereocenters. The predicted octanol–water partition coefficient (Wildman–Crippen LogP) is 2.29. The molecule has 0 aromatic heterocycles. The number of ether oxygens (including phenoxy) is 1. The fraction of sp³-hybridized carbons (Fsp3) is 0.636. The third-order valence-electron chi connectivity index (χ3n) is 2.18. The molecule has 1 fully saturated rings. The number of rotatable bonds is 2. The highest BCUT2D eigenvalue weighted by molar-refractivity contribution is 6.01. The third kappa shape index (κ3) is 2.77. The van der Waals surface area contributed by atoms with Crippen molar-refractivity contribution in [1.29, 1.82) is 0 Å². The van der Waals surface area contributed by atoms with E-state index in [1.807, 2.05) is 0 Å². The van der Waals surface area contributed by atoms with Gasteiger partial charge in [0, 0.05) is 18.0 Å². The van der Waals surface area contributed by atoms with Gasteiger partial charge in [-0.1, -0.05) is 27.4 Å². The summed E-state index contributed by atoms with van der Waals surface area (Å²) in [5.41, 5.74) is 1.10. The fourth-order valence-electron chi connectivity index (χ4n) is 1.27. The van der Waals surface area contributed by atoms with Crippen molar-refractivity contribution < 1.29 is 4.74 Å². The SMILES string of the molecule is C=CN=C(N=C1COCC1C)C(C)C. The highest BCUT2D eigenvalue weighted by atomic mass is 16.5. The van der Waals surface area contributed by atoms with Crippen molar-refractivity contribution in [1.82, 2.24) is 0 Å². The van der Waals surface area contributed by atoms with Crippen molar-refractivity contribution >= 4 is 11.5 Å². The van der Waals surface area contributed by atoms with Gasteiger partial charge in [-0.15, -0.1) is 0 Å². The van der Waals surface area contributed by atoms with Crippen molar-refractivity contribution in [2.24, 2.45) is 21.8 Å². The van der Waals surface area contributed by atoms with Crippen molar-refractivity contribution in [2.75, 3.05) is 13.2 Å². The minimum absolute atomic E-state index is 0.327. The normalized spacial score (nSPS) is 26.1. The molecule has 0 amide bonds. The minimum atomic E-state index is 0.327. The van der Waals surface area contributed by atoms with Crippen LogP contribution in [-0.2, 0) is 4.74 Å². The summed E-state index contributed by atoms with van der Waals surface area (Å²) >= 11 is 0. The molecule has 0 N–H and O–H groups in total. The van der Waals surface area contributed by atoms with Crippen LogP contribution in [0.3, 0.4) is 0 Å². The molecule has 0 aromatic rings. The molecule has 1 rings (SSSR count). The van der Waals surface area contributed by atoms with Crippen LogP contribution in [0.1, 0.15) is 20.8 Å². The highest BCUT2D eigenvalue weighted by Gasteiger charge is 2.19. The molecule has 1 aliphatic rings. The van der Waals surface area contributed by atoms with Gasteiger partial charge < -0.3 is 4.74 Å². The first-order valence-electron chi connectivity index (χ1n) is 4.99. The number of aliphatic imine (C=N–C) groups is 2. The number of amidine groups is 1. The molecule has 0 saturated carbocycles. The second kappa shape index (κ2) is 5.05. The summed E-state index contributed by atoms with van der Waals surface area (Å²) in [6.07, 6.45) is 1.54. The van der Waals surface area contributed by atoms with Crippen LogP contribution < -0.4 is 0 Å². The Hall–Kier alpha value is -0.960. The molecule has 1 unspecified atom stereocenters. The molecule has 3 nitrogen and oxygen atoms in total. The van der Waals surface area contributed by atoms with Gasteiger partial charge in [0.05, 0.1) is 18.9 Å². The van der Waals surface area contributed by atoms with Crippen molar-refractivity contribution in [3.63, 3.8) is 0 Å². The van der Waals surface area contributed by atoms with E-state index >= 15 is 0 Å². The molecule has 0 aliphatic carbocycles. The number of nitrogens with zero attached hydrogens (tertiary/aromatic N) is 2. The van der Waals surface area contributed by atoms with Crippen LogP contribution in [0.15, 0.2) is 22.8 Å². The maximum atomic E-state index is 5.32. The molecule has 1 heterocycles. The Labute approximate surface area is 85.6 Å². The van der Waals surface area contributed by atoms with E-state index in [2.05, 4.69) is 37.3 Å². The molecule has 0 bridgehead atoms. The molecular weight excluding hydrogens is 176 g/mol. The van der Waals surface area contributed by atoms with E-state index in [9.17, 15) is 0 Å². The van der Waals surface area contributed by atoms with Gasteiger partial charge in [0.15, 0.2) is 0 Å². The monoisotopic (exact) mass is 194 g/mol. The fourth-order valence-corrected chi connectivity index (χ4v) is 1.27. The summed E-state index contributed by atoms with van der Waals surface area (Å²) in [5.74, 6) is 1.59. The molecule has 1 aliphatic heterocycles. The smallest absolute Gasteiger partial charge is 0.130 e. The number of hydrogen-bond acceptors (Lipinski definition) is 2. The second-order valence-electron chi connectivity index (χ2n) is 3.84. The third-order valence-corrected chi connectivity index (χ3v) is 2.18. The Morgan fingerprint density at radius 3 is 2.79 bits per heavy atom. The van der Waals surface area contributed by atoms with E-state index in [1.54, 1.807) is 6.20 Å². The van der Waals surface area contributed by atoms with Gasteiger partial charge in [0.1, 0.15) is 5.84 Å². The summed E-state index contributed by atoms with van der Waals surface area (Å²) in [6.45, 7) is 11.3. The van der Waals surface area contributed by atoms with E-state index in [0.717, 1.165) is 18.2 Å². The minimum Gasteiger partial charge on any atom is -0.375 e. The highest BCUT2D eigenvalue weighted by Crippen LogP contribution is 2.11. The average Bonchev–Trinajstić information content (AvgIpc) is 2.51. The maximum absolute atomic E-state index is 5.32. The Kier molecular flexibility index (Phi) is 4.01. The molecule has 0 aromatic carbocycles. The van der Waals surface area contributed by atoms with Crippen LogP contribution in [0.2, 0.25) is 0 Å². The topological polar surface area (TPSA) is 34.0 Å². The summed E-state index contributed by atoms with van der Waals surface area (Å²) in [7, 11) is 0. The van der Waals surface area contributed by atoms with Crippen molar-refractivity contribution in [3.05, 3.63) is 12.8 Å². The first kappa shape index (κ1) is 11.1. The van der Waals surface area contributed by atoms with Crippen LogP contribution in [0.25, 0.3) is 0 Å². The van der Waals surface area contributed by atoms with Gasteiger partial charge in [-0.2, -0.15) is 0 Å². The van der Waals surface area contributed by atoms with Crippen molar-refractivity contribution in [3.8, 4) is 0 Å². The lowest BCUT2D eigenvalue weighted by molar-refractivity contribution is 0.193. The van der Waals surface area contributed by atoms with Gasteiger partial charge in [-0.3, -0.25) is 0 Å². The molecule has 1 saturated heterocycles. The summed E-state index contributed by atoms with van der Waals surface area (Å²) in [6, 6.07) is 0. The zero-order chi connectivity index (χ0) is 10.6. The lowest BCUT2D eigenvalue weighted by Crippen LogP contribution is -2.13. The van der Waals surface area contributed by atoms with Crippen LogP contribution in [0.5, 0.6) is 0 Å². The maximum Gasteiger partial charge on any atom is 0.130 e. The Morgan fingerprint density at radius 1 is 1.64 bits per heavy atom. The molecule has 14 heavy (non-hydrogen) atoms. The number of hydrogen-bond donors (Lipinski definition) is 0.